The summed E-state index contributed by atoms with van der Waals surface area (Å²) in [4.78, 5) is 0. The lowest BCUT2D eigenvalue weighted by atomic mass is 9.67. The molecule has 0 heterocycles. The Morgan fingerprint density at radius 3 is 2.38 bits per heavy atom. The molecule has 2 unspecified atom stereocenters. The van der Waals surface area contributed by atoms with Gasteiger partial charge in [-0.1, -0.05) is 69.3 Å². The normalized spacial score (nSPS) is 33.6. The number of rotatable bonds is 0. The molecule has 0 fully saturated rings. The van der Waals surface area contributed by atoms with E-state index in [-0.39, 0.29) is 10.8 Å². The fourth-order valence-corrected chi connectivity index (χ4v) is 3.66. The Kier molecular flexibility index (Phi) is 1.78. The van der Waals surface area contributed by atoms with Crippen LogP contribution in [0.3, 0.4) is 0 Å². The van der Waals surface area contributed by atoms with E-state index in [1.54, 1.807) is 0 Å². The van der Waals surface area contributed by atoms with Crippen molar-refractivity contribution in [3.05, 3.63) is 59.7 Å². The van der Waals surface area contributed by atoms with Gasteiger partial charge in [0.1, 0.15) is 0 Å². The average molecular weight is 210 g/mol. The third-order valence-corrected chi connectivity index (χ3v) is 4.48. The van der Waals surface area contributed by atoms with Gasteiger partial charge in [-0.2, -0.15) is 0 Å². The van der Waals surface area contributed by atoms with E-state index >= 15 is 0 Å². The van der Waals surface area contributed by atoms with E-state index in [2.05, 4.69) is 69.3 Å². The first-order chi connectivity index (χ1) is 7.57. The van der Waals surface area contributed by atoms with E-state index in [0.717, 1.165) is 0 Å². The van der Waals surface area contributed by atoms with Gasteiger partial charge in [0.15, 0.2) is 0 Å². The van der Waals surface area contributed by atoms with Crippen LogP contribution in [0.15, 0.2) is 48.6 Å². The Hall–Kier alpha value is -1.30. The van der Waals surface area contributed by atoms with E-state index in [1.807, 2.05) is 0 Å². The van der Waals surface area contributed by atoms with Gasteiger partial charge in [-0.05, 0) is 22.5 Å². The SMILES string of the molecule is CC1(C)c2ccccc2C2(C)C=CC=CC12. The van der Waals surface area contributed by atoms with Crippen molar-refractivity contribution in [1.29, 1.82) is 0 Å². The van der Waals surface area contributed by atoms with Crippen LogP contribution in [0.2, 0.25) is 0 Å². The lowest BCUT2D eigenvalue weighted by Crippen LogP contribution is -2.33. The summed E-state index contributed by atoms with van der Waals surface area (Å²) in [5, 5.41) is 0. The highest BCUT2D eigenvalue weighted by Gasteiger charge is 2.51. The van der Waals surface area contributed by atoms with Crippen molar-refractivity contribution >= 4 is 0 Å². The molecule has 2 aliphatic rings. The van der Waals surface area contributed by atoms with Gasteiger partial charge in [0.2, 0.25) is 0 Å². The lowest BCUT2D eigenvalue weighted by Gasteiger charge is -2.36. The molecular formula is C16H18. The molecule has 0 nitrogen and oxygen atoms in total. The number of hydrogen-bond donors (Lipinski definition) is 0. The van der Waals surface area contributed by atoms with E-state index in [4.69, 9.17) is 0 Å². The smallest absolute Gasteiger partial charge is 0.0181 e. The second kappa shape index (κ2) is 2.88. The summed E-state index contributed by atoms with van der Waals surface area (Å²) in [6.45, 7) is 7.10. The fourth-order valence-electron chi connectivity index (χ4n) is 3.66. The zero-order chi connectivity index (χ0) is 11.4. The number of hydrogen-bond acceptors (Lipinski definition) is 0. The summed E-state index contributed by atoms with van der Waals surface area (Å²) in [5.74, 6) is 0.586. The van der Waals surface area contributed by atoms with Crippen LogP contribution in [0.4, 0.5) is 0 Å². The summed E-state index contributed by atoms with van der Waals surface area (Å²) in [7, 11) is 0. The zero-order valence-corrected chi connectivity index (χ0v) is 10.2. The van der Waals surface area contributed by atoms with Crippen molar-refractivity contribution < 1.29 is 0 Å². The zero-order valence-electron chi connectivity index (χ0n) is 10.2. The predicted octanol–water partition coefficient (Wildman–Crippen LogP) is 3.98. The lowest BCUT2D eigenvalue weighted by molar-refractivity contribution is 0.324. The molecule has 0 heteroatoms. The third-order valence-electron chi connectivity index (χ3n) is 4.48. The van der Waals surface area contributed by atoms with E-state index in [0.29, 0.717) is 5.92 Å². The van der Waals surface area contributed by atoms with Crippen molar-refractivity contribution in [2.75, 3.05) is 0 Å². The van der Waals surface area contributed by atoms with Crippen molar-refractivity contribution in [2.45, 2.75) is 31.6 Å². The molecule has 0 amide bonds. The molecule has 0 bridgehead atoms. The molecule has 2 aliphatic carbocycles. The summed E-state index contributed by atoms with van der Waals surface area (Å²) in [6, 6.07) is 8.91. The molecule has 82 valence electrons. The van der Waals surface area contributed by atoms with Gasteiger partial charge in [-0.15, -0.1) is 0 Å². The Morgan fingerprint density at radius 2 is 1.62 bits per heavy atom. The van der Waals surface area contributed by atoms with Crippen LogP contribution in [0.25, 0.3) is 0 Å². The number of allylic oxidation sites excluding steroid dienone is 4. The van der Waals surface area contributed by atoms with Crippen LogP contribution in [0.5, 0.6) is 0 Å². The van der Waals surface area contributed by atoms with Crippen molar-refractivity contribution in [1.82, 2.24) is 0 Å². The number of fused-ring (bicyclic) bond motifs is 3. The van der Waals surface area contributed by atoms with E-state index in [9.17, 15) is 0 Å². The molecule has 3 rings (SSSR count). The molecule has 0 saturated heterocycles. The summed E-state index contributed by atoms with van der Waals surface area (Å²) < 4.78 is 0. The topological polar surface area (TPSA) is 0 Å². The molecule has 1 aromatic rings. The maximum absolute atomic E-state index is 2.38. The molecule has 1 aromatic carbocycles. The predicted molar refractivity (Wildman–Crippen MR) is 68.6 cm³/mol. The van der Waals surface area contributed by atoms with Crippen LogP contribution in [-0.4, -0.2) is 0 Å². The van der Waals surface area contributed by atoms with Gasteiger partial charge in [-0.25, -0.2) is 0 Å². The Balaban J connectivity index is 2.32. The quantitative estimate of drug-likeness (QED) is 0.607. The van der Waals surface area contributed by atoms with Crippen LogP contribution >= 0.6 is 0 Å². The highest BCUT2D eigenvalue weighted by Crippen LogP contribution is 2.55. The minimum atomic E-state index is 0.189. The molecule has 16 heavy (non-hydrogen) atoms. The van der Waals surface area contributed by atoms with Gasteiger partial charge in [0, 0.05) is 5.41 Å². The molecule has 0 aromatic heterocycles. The summed E-state index contributed by atoms with van der Waals surface area (Å²) >= 11 is 0. The minimum absolute atomic E-state index is 0.189. The Bertz CT molecular complexity index is 491. The molecule has 0 aliphatic heterocycles. The van der Waals surface area contributed by atoms with Crippen molar-refractivity contribution in [3.8, 4) is 0 Å². The molecule has 0 saturated carbocycles. The Morgan fingerprint density at radius 1 is 0.938 bits per heavy atom. The van der Waals surface area contributed by atoms with Crippen LogP contribution in [0, 0.1) is 5.92 Å². The molecular weight excluding hydrogens is 192 g/mol. The molecule has 2 atom stereocenters. The van der Waals surface area contributed by atoms with E-state index < -0.39 is 0 Å². The van der Waals surface area contributed by atoms with Gasteiger partial charge in [0.25, 0.3) is 0 Å². The third kappa shape index (κ3) is 1.000. The highest BCUT2D eigenvalue weighted by molar-refractivity contribution is 5.52. The van der Waals surface area contributed by atoms with E-state index in [1.165, 1.54) is 11.1 Å². The average Bonchev–Trinajstić information content (AvgIpc) is 2.46. The number of benzene rings is 1. The second-order valence-corrected chi connectivity index (χ2v) is 5.77. The van der Waals surface area contributed by atoms with Gasteiger partial charge in [-0.3, -0.25) is 0 Å². The van der Waals surface area contributed by atoms with Gasteiger partial charge >= 0.3 is 0 Å². The monoisotopic (exact) mass is 210 g/mol. The van der Waals surface area contributed by atoms with Gasteiger partial charge in [0.05, 0.1) is 0 Å². The maximum Gasteiger partial charge on any atom is 0.0181 e. The summed E-state index contributed by atoms with van der Waals surface area (Å²) in [5.41, 5.74) is 3.45. The summed E-state index contributed by atoms with van der Waals surface area (Å²) in [6.07, 6.45) is 9.12. The maximum atomic E-state index is 2.38. The molecule has 0 spiro atoms. The van der Waals surface area contributed by atoms with Crippen LogP contribution < -0.4 is 0 Å². The standard InChI is InChI=1S/C16H18/c1-15(2)12-8-4-5-9-13(12)16(3)11-7-6-10-14(15)16/h4-11,14H,1-3H3. The first-order valence-corrected chi connectivity index (χ1v) is 6.03. The van der Waals surface area contributed by atoms with Crippen molar-refractivity contribution in [3.63, 3.8) is 0 Å². The highest BCUT2D eigenvalue weighted by atomic mass is 14.5. The first kappa shape index (κ1) is 9.89. The van der Waals surface area contributed by atoms with Gasteiger partial charge < -0.3 is 0 Å². The second-order valence-electron chi connectivity index (χ2n) is 5.77. The fraction of sp³-hybridized carbons (Fsp3) is 0.375. The largest absolute Gasteiger partial charge is 0.0794 e. The van der Waals surface area contributed by atoms with Crippen LogP contribution in [0.1, 0.15) is 31.9 Å². The molecule has 0 N–H and O–H groups in total. The first-order valence-electron chi connectivity index (χ1n) is 6.03. The minimum Gasteiger partial charge on any atom is -0.0794 e. The molecule has 0 radical (unpaired) electrons. The Labute approximate surface area is 97.7 Å². The van der Waals surface area contributed by atoms with Crippen LogP contribution in [-0.2, 0) is 10.8 Å². The van der Waals surface area contributed by atoms with Crippen molar-refractivity contribution in [2.24, 2.45) is 5.92 Å².